The van der Waals surface area contributed by atoms with Crippen LogP contribution in [-0.2, 0) is 16.2 Å². The lowest BCUT2D eigenvalue weighted by Crippen LogP contribution is -2.35. The van der Waals surface area contributed by atoms with Crippen molar-refractivity contribution < 1.29 is 21.6 Å². The summed E-state index contributed by atoms with van der Waals surface area (Å²) in [7, 11) is -3.12. The zero-order valence-electron chi connectivity index (χ0n) is 20.0. The molecule has 3 aromatic carbocycles. The fourth-order valence-corrected chi connectivity index (χ4v) is 5.46. The number of benzene rings is 3. The maximum Gasteiger partial charge on any atom is 0.416 e. The predicted molar refractivity (Wildman–Crippen MR) is 132 cm³/mol. The van der Waals surface area contributed by atoms with Crippen molar-refractivity contribution in [3.63, 3.8) is 0 Å². The van der Waals surface area contributed by atoms with Gasteiger partial charge in [-0.2, -0.15) is 17.5 Å². The van der Waals surface area contributed by atoms with Gasteiger partial charge in [-0.1, -0.05) is 35.9 Å². The number of para-hydroxylation sites is 1. The lowest BCUT2D eigenvalue weighted by Gasteiger charge is -2.27. The number of aryl methyl sites for hydroxylation is 2. The number of rotatable bonds is 5. The third kappa shape index (κ3) is 4.54. The number of alkyl halides is 3. The molecule has 1 aromatic heterocycles. The van der Waals surface area contributed by atoms with Crippen molar-refractivity contribution in [1.29, 1.82) is 0 Å². The topological polar surface area (TPSA) is 72.3 Å². The van der Waals surface area contributed by atoms with E-state index in [0.29, 0.717) is 22.7 Å². The van der Waals surface area contributed by atoms with E-state index in [1.165, 1.54) is 11.6 Å². The smallest absolute Gasteiger partial charge is 0.268 e. The zero-order valence-corrected chi connectivity index (χ0v) is 20.9. The second-order valence-corrected chi connectivity index (χ2v) is 10.6. The molecule has 10 heteroatoms. The molecule has 0 aliphatic carbocycles. The monoisotopic (exact) mass is 515 g/mol. The normalized spacial score (nSPS) is 13.3. The highest BCUT2D eigenvalue weighted by molar-refractivity contribution is 7.89. The molecule has 1 unspecified atom stereocenters. The Morgan fingerprint density at radius 1 is 0.972 bits per heavy atom. The van der Waals surface area contributed by atoms with E-state index < -0.39 is 32.7 Å². The number of fused-ring (bicyclic) bond motifs is 1. The Bertz CT molecular complexity index is 1630. The van der Waals surface area contributed by atoms with Crippen molar-refractivity contribution in [3.8, 4) is 5.69 Å². The van der Waals surface area contributed by atoms with E-state index in [1.807, 2.05) is 26.0 Å². The second-order valence-electron chi connectivity index (χ2n) is 8.64. The summed E-state index contributed by atoms with van der Waals surface area (Å²) in [6.07, 6.45) is -4.70. The molecule has 0 bridgehead atoms. The third-order valence-corrected chi connectivity index (χ3v) is 8.08. The molecule has 0 radical (unpaired) electrons. The van der Waals surface area contributed by atoms with E-state index in [4.69, 9.17) is 0 Å². The maximum absolute atomic E-state index is 13.6. The first-order chi connectivity index (χ1) is 16.8. The van der Waals surface area contributed by atoms with Crippen LogP contribution >= 0.6 is 0 Å². The standard InChI is InChI=1S/C26H24F3N3O3S/c1-16-12-13-23(17(2)14-16)32-24(30-22-11-6-5-10-21(22)25(32)33)18(3)31(4)36(34,35)20-9-7-8-19(15-20)26(27,28)29/h5-15,18H,1-4H3. The minimum absolute atomic E-state index is 0.142. The van der Waals surface area contributed by atoms with Crippen LogP contribution < -0.4 is 5.56 Å². The Kier molecular flexibility index (Phi) is 6.52. The summed E-state index contributed by atoms with van der Waals surface area (Å²) < 4.78 is 68.7. The Morgan fingerprint density at radius 3 is 2.33 bits per heavy atom. The van der Waals surface area contributed by atoms with Gasteiger partial charge in [-0.05, 0) is 62.7 Å². The molecule has 0 aliphatic rings. The van der Waals surface area contributed by atoms with E-state index in [-0.39, 0.29) is 11.4 Å². The van der Waals surface area contributed by atoms with Crippen LogP contribution in [0.3, 0.4) is 0 Å². The molecular weight excluding hydrogens is 491 g/mol. The molecule has 1 atom stereocenters. The highest BCUT2D eigenvalue weighted by atomic mass is 32.2. The Balaban J connectivity index is 1.91. The highest BCUT2D eigenvalue weighted by Gasteiger charge is 2.34. The van der Waals surface area contributed by atoms with Crippen molar-refractivity contribution in [2.45, 2.75) is 37.9 Å². The molecule has 0 saturated heterocycles. The van der Waals surface area contributed by atoms with Crippen molar-refractivity contribution >= 4 is 20.9 Å². The quantitative estimate of drug-likeness (QED) is 0.357. The van der Waals surface area contributed by atoms with Gasteiger partial charge in [-0.25, -0.2) is 13.4 Å². The molecule has 0 spiro atoms. The Morgan fingerprint density at radius 2 is 1.67 bits per heavy atom. The van der Waals surface area contributed by atoms with Gasteiger partial charge in [0.25, 0.3) is 5.56 Å². The van der Waals surface area contributed by atoms with Crippen molar-refractivity contribution in [3.05, 3.63) is 99.6 Å². The van der Waals surface area contributed by atoms with Gasteiger partial charge in [-0.15, -0.1) is 0 Å². The summed E-state index contributed by atoms with van der Waals surface area (Å²) in [6.45, 7) is 5.29. The van der Waals surface area contributed by atoms with E-state index in [1.54, 1.807) is 37.3 Å². The van der Waals surface area contributed by atoms with Crippen molar-refractivity contribution in [1.82, 2.24) is 13.9 Å². The van der Waals surface area contributed by atoms with Crippen LogP contribution in [0, 0.1) is 13.8 Å². The lowest BCUT2D eigenvalue weighted by atomic mass is 10.1. The predicted octanol–water partition coefficient (Wildman–Crippen LogP) is 5.40. The average Bonchev–Trinajstić information content (AvgIpc) is 2.83. The average molecular weight is 516 g/mol. The fourth-order valence-electron chi connectivity index (χ4n) is 4.09. The molecule has 4 rings (SSSR count). The summed E-state index contributed by atoms with van der Waals surface area (Å²) in [5.41, 5.74) is 1.24. The van der Waals surface area contributed by atoms with Gasteiger partial charge >= 0.3 is 6.18 Å². The first-order valence-corrected chi connectivity index (χ1v) is 12.5. The zero-order chi connectivity index (χ0) is 26.4. The van der Waals surface area contributed by atoms with Gasteiger partial charge in [-0.3, -0.25) is 9.36 Å². The number of hydrogen-bond donors (Lipinski definition) is 0. The number of hydrogen-bond acceptors (Lipinski definition) is 4. The highest BCUT2D eigenvalue weighted by Crippen LogP contribution is 2.33. The van der Waals surface area contributed by atoms with Gasteiger partial charge in [0.05, 0.1) is 33.1 Å². The Hall–Kier alpha value is -3.50. The Labute approximate surface area is 206 Å². The number of halogens is 3. The van der Waals surface area contributed by atoms with Gasteiger partial charge in [0.2, 0.25) is 10.0 Å². The van der Waals surface area contributed by atoms with E-state index in [9.17, 15) is 26.4 Å². The van der Waals surface area contributed by atoms with E-state index in [0.717, 1.165) is 33.6 Å². The lowest BCUT2D eigenvalue weighted by molar-refractivity contribution is -0.137. The van der Waals surface area contributed by atoms with Crippen molar-refractivity contribution in [2.75, 3.05) is 7.05 Å². The van der Waals surface area contributed by atoms with E-state index >= 15 is 0 Å². The third-order valence-electron chi connectivity index (χ3n) is 6.15. The molecule has 0 aliphatic heterocycles. The first kappa shape index (κ1) is 25.6. The molecule has 0 N–H and O–H groups in total. The molecule has 36 heavy (non-hydrogen) atoms. The van der Waals surface area contributed by atoms with Crippen LogP contribution in [0.15, 0.2) is 76.4 Å². The van der Waals surface area contributed by atoms with Gasteiger partial charge in [0.1, 0.15) is 5.82 Å². The molecule has 1 heterocycles. The maximum atomic E-state index is 13.6. The number of aromatic nitrogens is 2. The minimum Gasteiger partial charge on any atom is -0.268 e. The van der Waals surface area contributed by atoms with Crippen LogP contribution in [0.2, 0.25) is 0 Å². The summed E-state index contributed by atoms with van der Waals surface area (Å²) in [5, 5.41) is 0.358. The molecule has 4 aromatic rings. The van der Waals surface area contributed by atoms with Crippen LogP contribution in [-0.4, -0.2) is 29.3 Å². The summed E-state index contributed by atoms with van der Waals surface area (Å²) >= 11 is 0. The van der Waals surface area contributed by atoms with Gasteiger partial charge < -0.3 is 0 Å². The van der Waals surface area contributed by atoms with Crippen LogP contribution in [0.5, 0.6) is 0 Å². The molecule has 0 fully saturated rings. The molecule has 6 nitrogen and oxygen atoms in total. The summed E-state index contributed by atoms with van der Waals surface area (Å²) in [4.78, 5) is 17.7. The van der Waals surface area contributed by atoms with Crippen LogP contribution in [0.25, 0.3) is 16.6 Å². The molecular formula is C26H24F3N3O3S. The van der Waals surface area contributed by atoms with Gasteiger partial charge in [0, 0.05) is 7.05 Å². The fraction of sp³-hybridized carbons (Fsp3) is 0.231. The first-order valence-electron chi connectivity index (χ1n) is 11.1. The molecule has 0 saturated carbocycles. The largest absolute Gasteiger partial charge is 0.416 e. The van der Waals surface area contributed by atoms with Gasteiger partial charge in [0.15, 0.2) is 0 Å². The summed E-state index contributed by atoms with van der Waals surface area (Å²) in [5.74, 6) is 0.142. The van der Waals surface area contributed by atoms with Crippen LogP contribution in [0.1, 0.15) is 35.5 Å². The minimum atomic E-state index is -4.70. The second kappa shape index (κ2) is 9.18. The summed E-state index contributed by atoms with van der Waals surface area (Å²) in [6, 6.07) is 14.8. The number of nitrogens with zero attached hydrogens (tertiary/aromatic N) is 3. The van der Waals surface area contributed by atoms with Crippen molar-refractivity contribution in [2.24, 2.45) is 0 Å². The molecule has 188 valence electrons. The molecule has 0 amide bonds. The SMILES string of the molecule is Cc1ccc(-n2c(C(C)N(C)S(=O)(=O)c3cccc(C(F)(F)F)c3)nc3ccccc3c2=O)c(C)c1. The van der Waals surface area contributed by atoms with Crippen LogP contribution in [0.4, 0.5) is 13.2 Å². The number of sulfonamides is 1. The van der Waals surface area contributed by atoms with E-state index in [2.05, 4.69) is 4.98 Å².